The van der Waals surface area contributed by atoms with Gasteiger partial charge in [-0.3, -0.25) is 14.9 Å². The molecule has 1 aliphatic rings. The smallest absolute Gasteiger partial charge is 0.258 e. The van der Waals surface area contributed by atoms with Crippen LogP contribution in [0.15, 0.2) is 47.5 Å². The van der Waals surface area contributed by atoms with Crippen molar-refractivity contribution in [2.45, 2.75) is 32.8 Å². The van der Waals surface area contributed by atoms with E-state index in [1.807, 2.05) is 25.1 Å². The average Bonchev–Trinajstić information content (AvgIpc) is 3.21. The highest BCUT2D eigenvalue weighted by molar-refractivity contribution is 6.34. The zero-order valence-electron chi connectivity index (χ0n) is 17.0. The summed E-state index contributed by atoms with van der Waals surface area (Å²) in [5, 5.41) is 9.11. The molecule has 3 N–H and O–H groups in total. The largest absolute Gasteiger partial charge is 0.376 e. The topological polar surface area (TPSA) is 91.8 Å². The summed E-state index contributed by atoms with van der Waals surface area (Å²) in [5.41, 5.74) is 2.60. The molecule has 158 valence electrons. The van der Waals surface area contributed by atoms with Crippen LogP contribution in [0.5, 0.6) is 0 Å². The second kappa shape index (κ2) is 10.2. The second-order valence-corrected chi connectivity index (χ2v) is 7.56. The van der Waals surface area contributed by atoms with Crippen LogP contribution in [0.2, 0.25) is 5.02 Å². The van der Waals surface area contributed by atoms with Gasteiger partial charge in [-0.15, -0.1) is 0 Å². The van der Waals surface area contributed by atoms with E-state index in [1.165, 1.54) is 6.92 Å². The number of halogens is 1. The molecule has 1 heterocycles. The standard InChI is InChI=1S/C22H25ClN4O3/c1-14-8-9-20(19(23)11-14)26-22(24-13-18-7-4-10-30-18)27-21(29)16-5-3-6-17(12-16)25-15(2)28/h3,5-6,8-9,11-12,18H,4,7,10,13H2,1-2H3,(H,25,28)(H2,24,26,27,29)/t18-/m0/s1. The molecule has 1 aliphatic heterocycles. The Morgan fingerprint density at radius 3 is 2.73 bits per heavy atom. The molecule has 0 aliphatic carbocycles. The summed E-state index contributed by atoms with van der Waals surface area (Å²) in [6.07, 6.45) is 1.99. The first-order valence-corrected chi connectivity index (χ1v) is 10.2. The molecule has 0 aromatic heterocycles. The Hall–Kier alpha value is -2.90. The number of nitrogens with zero attached hydrogens (tertiary/aromatic N) is 1. The molecule has 7 nitrogen and oxygen atoms in total. The quantitative estimate of drug-likeness (QED) is 0.496. The molecule has 0 unspecified atom stereocenters. The second-order valence-electron chi connectivity index (χ2n) is 7.15. The van der Waals surface area contributed by atoms with E-state index >= 15 is 0 Å². The van der Waals surface area contributed by atoms with Gasteiger partial charge in [-0.05, 0) is 55.7 Å². The molecule has 0 spiro atoms. The molecule has 3 rings (SSSR count). The summed E-state index contributed by atoms with van der Waals surface area (Å²) in [6.45, 7) is 4.52. The van der Waals surface area contributed by atoms with E-state index < -0.39 is 0 Å². The van der Waals surface area contributed by atoms with Gasteiger partial charge in [-0.1, -0.05) is 23.7 Å². The number of nitrogens with one attached hydrogen (secondary N) is 3. The fourth-order valence-corrected chi connectivity index (χ4v) is 3.34. The van der Waals surface area contributed by atoms with Crippen LogP contribution in [0, 0.1) is 6.92 Å². The maximum Gasteiger partial charge on any atom is 0.258 e. The molecule has 2 amide bonds. The summed E-state index contributed by atoms with van der Waals surface area (Å²) >= 11 is 6.33. The van der Waals surface area contributed by atoms with Crippen molar-refractivity contribution < 1.29 is 14.3 Å². The lowest BCUT2D eigenvalue weighted by molar-refractivity contribution is -0.114. The first-order valence-electron chi connectivity index (χ1n) is 9.79. The van der Waals surface area contributed by atoms with E-state index in [9.17, 15) is 9.59 Å². The highest BCUT2D eigenvalue weighted by atomic mass is 35.5. The van der Waals surface area contributed by atoms with Gasteiger partial charge < -0.3 is 15.4 Å². The molecule has 0 saturated carbocycles. The van der Waals surface area contributed by atoms with Gasteiger partial charge >= 0.3 is 0 Å². The van der Waals surface area contributed by atoms with Crippen molar-refractivity contribution in [3.63, 3.8) is 0 Å². The van der Waals surface area contributed by atoms with Gasteiger partial charge in [-0.2, -0.15) is 0 Å². The number of amides is 2. The maximum absolute atomic E-state index is 12.8. The Labute approximate surface area is 180 Å². The Morgan fingerprint density at radius 2 is 2.03 bits per heavy atom. The van der Waals surface area contributed by atoms with Gasteiger partial charge in [-0.25, -0.2) is 4.99 Å². The summed E-state index contributed by atoms with van der Waals surface area (Å²) in [4.78, 5) is 28.6. The van der Waals surface area contributed by atoms with Crippen LogP contribution >= 0.6 is 11.6 Å². The Balaban J connectivity index is 1.77. The number of carbonyl (C=O) groups is 2. The first kappa shape index (κ1) is 21.8. The summed E-state index contributed by atoms with van der Waals surface area (Å²) < 4.78 is 5.62. The first-order chi connectivity index (χ1) is 14.4. The third-order valence-corrected chi connectivity index (χ3v) is 4.84. The minimum absolute atomic E-state index is 0.0373. The molecule has 2 aromatic rings. The number of aryl methyl sites for hydroxylation is 1. The SMILES string of the molecule is CC(=O)Nc1cccc(C(=O)NC(=NC[C@@H]2CCCO2)Nc2ccc(C)cc2Cl)c1. The van der Waals surface area contributed by atoms with Crippen LogP contribution < -0.4 is 16.0 Å². The third kappa shape index (κ3) is 6.30. The van der Waals surface area contributed by atoms with Crippen LogP contribution in [0.1, 0.15) is 35.7 Å². The highest BCUT2D eigenvalue weighted by Crippen LogP contribution is 2.23. The maximum atomic E-state index is 12.8. The van der Waals surface area contributed by atoms with Crippen LogP contribution in [-0.2, 0) is 9.53 Å². The van der Waals surface area contributed by atoms with Gasteiger partial charge in [0.25, 0.3) is 5.91 Å². The average molecular weight is 429 g/mol. The molecule has 0 radical (unpaired) electrons. The number of rotatable bonds is 5. The van der Waals surface area contributed by atoms with Crippen molar-refractivity contribution in [2.24, 2.45) is 4.99 Å². The monoisotopic (exact) mass is 428 g/mol. The number of aliphatic imine (C=N–C) groups is 1. The molecule has 0 bridgehead atoms. The number of benzene rings is 2. The summed E-state index contributed by atoms with van der Waals surface area (Å²) in [5.74, 6) is -0.280. The highest BCUT2D eigenvalue weighted by Gasteiger charge is 2.17. The number of guanidine groups is 1. The van der Waals surface area contributed by atoms with E-state index in [-0.39, 0.29) is 23.9 Å². The van der Waals surface area contributed by atoms with E-state index in [0.29, 0.717) is 28.5 Å². The molecule has 1 atom stereocenters. The van der Waals surface area contributed by atoms with E-state index in [1.54, 1.807) is 24.3 Å². The van der Waals surface area contributed by atoms with Crippen molar-refractivity contribution in [1.29, 1.82) is 0 Å². The summed E-state index contributed by atoms with van der Waals surface area (Å²) in [6, 6.07) is 12.3. The number of hydrogen-bond donors (Lipinski definition) is 3. The van der Waals surface area contributed by atoms with Gasteiger partial charge in [0.05, 0.1) is 23.4 Å². The van der Waals surface area contributed by atoms with Gasteiger partial charge in [0.1, 0.15) is 0 Å². The van der Waals surface area contributed by atoms with E-state index in [0.717, 1.165) is 25.0 Å². The van der Waals surface area contributed by atoms with Crippen LogP contribution in [0.3, 0.4) is 0 Å². The number of ether oxygens (including phenoxy) is 1. The summed E-state index contributed by atoms with van der Waals surface area (Å²) in [7, 11) is 0. The van der Waals surface area contributed by atoms with Gasteiger partial charge in [0.2, 0.25) is 11.9 Å². The van der Waals surface area contributed by atoms with Crippen LogP contribution in [0.4, 0.5) is 11.4 Å². The normalized spacial score (nSPS) is 16.2. The van der Waals surface area contributed by atoms with Crippen molar-refractivity contribution in [1.82, 2.24) is 5.32 Å². The molecular weight excluding hydrogens is 404 g/mol. The lowest BCUT2D eigenvalue weighted by atomic mass is 10.2. The van der Waals surface area contributed by atoms with Crippen LogP contribution in [0.25, 0.3) is 0 Å². The Morgan fingerprint density at radius 1 is 1.20 bits per heavy atom. The van der Waals surface area contributed by atoms with Crippen LogP contribution in [-0.4, -0.2) is 37.0 Å². The predicted octanol–water partition coefficient (Wildman–Crippen LogP) is 3.98. The molecule has 2 aromatic carbocycles. The van der Waals surface area contributed by atoms with E-state index in [4.69, 9.17) is 16.3 Å². The zero-order valence-corrected chi connectivity index (χ0v) is 17.8. The number of carbonyl (C=O) groups excluding carboxylic acids is 2. The van der Waals surface area contributed by atoms with Crippen molar-refractivity contribution in [3.8, 4) is 0 Å². The fraction of sp³-hybridized carbons (Fsp3) is 0.318. The Kier molecular flexibility index (Phi) is 7.43. The lowest BCUT2D eigenvalue weighted by Gasteiger charge is -2.15. The van der Waals surface area contributed by atoms with Crippen molar-refractivity contribution in [3.05, 3.63) is 58.6 Å². The van der Waals surface area contributed by atoms with Crippen molar-refractivity contribution >= 4 is 40.7 Å². The number of anilines is 2. The lowest BCUT2D eigenvalue weighted by Crippen LogP contribution is -2.37. The van der Waals surface area contributed by atoms with E-state index in [2.05, 4.69) is 20.9 Å². The van der Waals surface area contributed by atoms with Gasteiger partial charge in [0.15, 0.2) is 0 Å². The minimum Gasteiger partial charge on any atom is -0.376 e. The van der Waals surface area contributed by atoms with Gasteiger partial charge in [0, 0.05) is 24.8 Å². The van der Waals surface area contributed by atoms with Crippen molar-refractivity contribution in [2.75, 3.05) is 23.8 Å². The minimum atomic E-state index is -0.357. The predicted molar refractivity (Wildman–Crippen MR) is 119 cm³/mol. The fourth-order valence-electron chi connectivity index (χ4n) is 3.06. The Bertz CT molecular complexity index is 955. The molecule has 1 saturated heterocycles. The molecular formula is C22H25ClN4O3. The molecule has 30 heavy (non-hydrogen) atoms. The third-order valence-electron chi connectivity index (χ3n) is 4.53. The molecule has 1 fully saturated rings. The number of hydrogen-bond acceptors (Lipinski definition) is 4. The molecule has 8 heteroatoms. The zero-order chi connectivity index (χ0) is 21.5.